The van der Waals surface area contributed by atoms with Crippen LogP contribution in [0, 0.1) is 5.41 Å². The first-order chi connectivity index (χ1) is 7.06. The van der Waals surface area contributed by atoms with Crippen molar-refractivity contribution >= 4 is 17.8 Å². The summed E-state index contributed by atoms with van der Waals surface area (Å²) in [4.78, 5) is 14.5. The van der Waals surface area contributed by atoms with E-state index in [2.05, 4.69) is 4.98 Å². The van der Waals surface area contributed by atoms with E-state index in [4.69, 9.17) is 16.2 Å². The first-order valence-corrected chi connectivity index (χ1v) is 4.22. The minimum Gasteiger partial charge on any atom is -0.478 e. The van der Waals surface area contributed by atoms with Gasteiger partial charge in [-0.3, -0.25) is 4.98 Å². The van der Waals surface area contributed by atoms with Crippen molar-refractivity contribution in [2.24, 2.45) is 5.73 Å². The molecular formula is C10H11N3O2. The molecule has 0 aliphatic heterocycles. The first-order valence-electron chi connectivity index (χ1n) is 4.22. The summed E-state index contributed by atoms with van der Waals surface area (Å²) in [5.41, 5.74) is 7.12. The zero-order valence-corrected chi connectivity index (χ0v) is 8.19. The van der Waals surface area contributed by atoms with Crippen molar-refractivity contribution < 1.29 is 9.90 Å². The van der Waals surface area contributed by atoms with Crippen LogP contribution in [0.25, 0.3) is 5.57 Å². The maximum atomic E-state index is 10.6. The summed E-state index contributed by atoms with van der Waals surface area (Å²) in [5, 5.41) is 15.8. The fourth-order valence-corrected chi connectivity index (χ4v) is 1.07. The number of carboxylic acids is 1. The van der Waals surface area contributed by atoms with Gasteiger partial charge in [-0.1, -0.05) is 0 Å². The van der Waals surface area contributed by atoms with E-state index in [1.54, 1.807) is 6.92 Å². The highest BCUT2D eigenvalue weighted by molar-refractivity contribution is 6.08. The number of carbonyl (C=O) groups is 1. The molecule has 0 aromatic carbocycles. The van der Waals surface area contributed by atoms with E-state index < -0.39 is 5.97 Å². The van der Waals surface area contributed by atoms with E-state index in [0.717, 1.165) is 6.21 Å². The molecule has 1 aromatic heterocycles. The SMILES string of the molecule is C/C(N)=C(/C=N)c1ccc(C(=O)O)cn1. The maximum Gasteiger partial charge on any atom is 0.337 e. The summed E-state index contributed by atoms with van der Waals surface area (Å²) in [6, 6.07) is 2.96. The molecule has 15 heavy (non-hydrogen) atoms. The number of nitrogens with two attached hydrogens (primary N) is 1. The maximum absolute atomic E-state index is 10.6. The van der Waals surface area contributed by atoms with Gasteiger partial charge in [0.2, 0.25) is 0 Å². The summed E-state index contributed by atoms with van der Waals surface area (Å²) in [5.74, 6) is -1.03. The Bertz CT molecular complexity index is 417. The zero-order chi connectivity index (χ0) is 11.4. The Kier molecular flexibility index (Phi) is 3.17. The predicted molar refractivity (Wildman–Crippen MR) is 56.8 cm³/mol. The van der Waals surface area contributed by atoms with E-state index in [1.807, 2.05) is 0 Å². The van der Waals surface area contributed by atoms with Crippen LogP contribution in [0.15, 0.2) is 24.0 Å². The average molecular weight is 205 g/mol. The average Bonchev–Trinajstić information content (AvgIpc) is 2.19. The van der Waals surface area contributed by atoms with E-state index in [1.165, 1.54) is 18.3 Å². The largest absolute Gasteiger partial charge is 0.478 e. The van der Waals surface area contributed by atoms with Gasteiger partial charge in [-0.15, -0.1) is 0 Å². The van der Waals surface area contributed by atoms with Gasteiger partial charge < -0.3 is 16.2 Å². The van der Waals surface area contributed by atoms with Crippen LogP contribution in [0.1, 0.15) is 23.0 Å². The minimum atomic E-state index is -1.03. The molecule has 0 radical (unpaired) electrons. The molecule has 0 unspecified atom stereocenters. The van der Waals surface area contributed by atoms with Crippen molar-refractivity contribution in [2.45, 2.75) is 6.92 Å². The van der Waals surface area contributed by atoms with E-state index in [-0.39, 0.29) is 5.56 Å². The molecule has 0 aliphatic carbocycles. The number of carboxylic acid groups (broad SMARTS) is 1. The molecule has 0 atom stereocenters. The quantitative estimate of drug-likeness (QED) is 0.643. The Morgan fingerprint density at radius 2 is 2.27 bits per heavy atom. The molecular weight excluding hydrogens is 194 g/mol. The van der Waals surface area contributed by atoms with Gasteiger partial charge in [0.25, 0.3) is 0 Å². The van der Waals surface area contributed by atoms with Crippen LogP contribution in [0.4, 0.5) is 0 Å². The lowest BCUT2D eigenvalue weighted by molar-refractivity contribution is 0.0696. The molecule has 0 fully saturated rings. The smallest absolute Gasteiger partial charge is 0.337 e. The van der Waals surface area contributed by atoms with Gasteiger partial charge in [0.1, 0.15) is 0 Å². The van der Waals surface area contributed by atoms with E-state index in [0.29, 0.717) is 17.0 Å². The van der Waals surface area contributed by atoms with Crippen LogP contribution in [0.5, 0.6) is 0 Å². The molecule has 0 saturated carbocycles. The summed E-state index contributed by atoms with van der Waals surface area (Å²) < 4.78 is 0. The highest BCUT2D eigenvalue weighted by atomic mass is 16.4. The molecule has 0 amide bonds. The normalized spacial score (nSPS) is 11.8. The van der Waals surface area contributed by atoms with Gasteiger partial charge in [0, 0.05) is 23.7 Å². The highest BCUT2D eigenvalue weighted by Gasteiger charge is 2.06. The Hall–Kier alpha value is -2.17. The molecule has 0 spiro atoms. The molecule has 78 valence electrons. The number of pyridine rings is 1. The van der Waals surface area contributed by atoms with Crippen LogP contribution in [0.3, 0.4) is 0 Å². The Balaban J connectivity index is 3.14. The van der Waals surface area contributed by atoms with Crippen molar-refractivity contribution in [3.63, 3.8) is 0 Å². The second-order valence-corrected chi connectivity index (χ2v) is 2.98. The lowest BCUT2D eigenvalue weighted by atomic mass is 10.1. The van der Waals surface area contributed by atoms with Crippen molar-refractivity contribution in [3.8, 4) is 0 Å². The Morgan fingerprint density at radius 3 is 2.60 bits per heavy atom. The predicted octanol–water partition coefficient (Wildman–Crippen LogP) is 1.12. The van der Waals surface area contributed by atoms with Gasteiger partial charge in [0.05, 0.1) is 11.3 Å². The third kappa shape index (κ3) is 2.40. The number of aromatic nitrogens is 1. The Morgan fingerprint density at radius 1 is 1.60 bits per heavy atom. The third-order valence-corrected chi connectivity index (χ3v) is 1.86. The van der Waals surface area contributed by atoms with Gasteiger partial charge in [-0.2, -0.15) is 0 Å². The van der Waals surface area contributed by atoms with E-state index in [9.17, 15) is 4.79 Å². The monoisotopic (exact) mass is 205 g/mol. The molecule has 1 rings (SSSR count). The van der Waals surface area contributed by atoms with Crippen molar-refractivity contribution in [1.29, 1.82) is 5.41 Å². The third-order valence-electron chi connectivity index (χ3n) is 1.86. The summed E-state index contributed by atoms with van der Waals surface area (Å²) >= 11 is 0. The number of aromatic carboxylic acids is 1. The molecule has 5 heteroatoms. The topological polar surface area (TPSA) is 100 Å². The number of nitrogens with zero attached hydrogens (tertiary/aromatic N) is 1. The van der Waals surface area contributed by atoms with Crippen LogP contribution in [-0.2, 0) is 0 Å². The lowest BCUT2D eigenvalue weighted by Gasteiger charge is -2.03. The number of hydrogen-bond donors (Lipinski definition) is 3. The number of rotatable bonds is 3. The molecule has 0 bridgehead atoms. The molecule has 1 aromatic rings. The summed E-state index contributed by atoms with van der Waals surface area (Å²) in [7, 11) is 0. The van der Waals surface area contributed by atoms with Crippen molar-refractivity contribution in [1.82, 2.24) is 4.98 Å². The minimum absolute atomic E-state index is 0.109. The standard InChI is InChI=1S/C10H11N3O2/c1-6(12)8(4-11)9-3-2-7(5-13-9)10(14)15/h2-5,11H,12H2,1H3,(H,14,15)/b8-6+,11-4?. The van der Waals surface area contributed by atoms with Gasteiger partial charge in [0.15, 0.2) is 0 Å². The van der Waals surface area contributed by atoms with Crippen molar-refractivity contribution in [3.05, 3.63) is 35.3 Å². The van der Waals surface area contributed by atoms with Gasteiger partial charge >= 0.3 is 5.97 Å². The molecule has 1 heterocycles. The Labute approximate surface area is 86.8 Å². The van der Waals surface area contributed by atoms with Gasteiger partial charge in [-0.05, 0) is 19.1 Å². The summed E-state index contributed by atoms with van der Waals surface area (Å²) in [6.45, 7) is 1.66. The molecule has 0 aliphatic rings. The lowest BCUT2D eigenvalue weighted by Crippen LogP contribution is -2.02. The van der Waals surface area contributed by atoms with E-state index >= 15 is 0 Å². The number of allylic oxidation sites excluding steroid dienone is 2. The number of nitrogens with one attached hydrogen (secondary N) is 1. The van der Waals surface area contributed by atoms with Crippen LogP contribution >= 0.6 is 0 Å². The zero-order valence-electron chi connectivity index (χ0n) is 8.19. The van der Waals surface area contributed by atoms with Crippen LogP contribution in [-0.4, -0.2) is 22.3 Å². The highest BCUT2D eigenvalue weighted by Crippen LogP contribution is 2.12. The fourth-order valence-electron chi connectivity index (χ4n) is 1.07. The van der Waals surface area contributed by atoms with Crippen molar-refractivity contribution in [2.75, 3.05) is 0 Å². The van der Waals surface area contributed by atoms with Crippen LogP contribution in [0.2, 0.25) is 0 Å². The van der Waals surface area contributed by atoms with Gasteiger partial charge in [-0.25, -0.2) is 4.79 Å². The second-order valence-electron chi connectivity index (χ2n) is 2.98. The molecule has 5 nitrogen and oxygen atoms in total. The van der Waals surface area contributed by atoms with Crippen LogP contribution < -0.4 is 5.73 Å². The summed E-state index contributed by atoms with van der Waals surface area (Å²) in [6.07, 6.45) is 2.34. The number of hydrogen-bond acceptors (Lipinski definition) is 4. The second kappa shape index (κ2) is 4.36. The molecule has 0 saturated heterocycles. The fraction of sp³-hybridized carbons (Fsp3) is 0.100. The first kappa shape index (κ1) is 10.9. The molecule has 4 N–H and O–H groups in total.